The molecule has 20 heavy (non-hydrogen) atoms. The molecule has 0 aliphatic rings. The average molecular weight is 290 g/mol. The SMILES string of the molecule is CCCN(CC(F)(F)F)c1nc(C(C)C)nc(N)c1C. The van der Waals surface area contributed by atoms with Gasteiger partial charge in [0.2, 0.25) is 0 Å². The second-order valence-corrected chi connectivity index (χ2v) is 5.11. The van der Waals surface area contributed by atoms with Gasteiger partial charge in [0.05, 0.1) is 0 Å². The highest BCUT2D eigenvalue weighted by atomic mass is 19.4. The van der Waals surface area contributed by atoms with Gasteiger partial charge in [0.1, 0.15) is 24.0 Å². The molecule has 7 heteroatoms. The summed E-state index contributed by atoms with van der Waals surface area (Å²) < 4.78 is 38.1. The number of alkyl halides is 3. The van der Waals surface area contributed by atoms with Crippen LogP contribution >= 0.6 is 0 Å². The molecule has 0 aromatic carbocycles. The Kier molecular flexibility index (Phi) is 5.19. The topological polar surface area (TPSA) is 55.0 Å². The number of nitrogen functional groups attached to an aromatic ring is 1. The Hall–Kier alpha value is -1.53. The number of hydrogen-bond donors (Lipinski definition) is 1. The van der Waals surface area contributed by atoms with Gasteiger partial charge in [0, 0.05) is 18.0 Å². The van der Waals surface area contributed by atoms with Crippen LogP contribution in [0.25, 0.3) is 0 Å². The monoisotopic (exact) mass is 290 g/mol. The average Bonchev–Trinajstić information content (AvgIpc) is 2.30. The van der Waals surface area contributed by atoms with Gasteiger partial charge in [0.25, 0.3) is 0 Å². The van der Waals surface area contributed by atoms with Gasteiger partial charge in [-0.15, -0.1) is 0 Å². The highest BCUT2D eigenvalue weighted by Crippen LogP contribution is 2.27. The van der Waals surface area contributed by atoms with Gasteiger partial charge >= 0.3 is 6.18 Å². The Morgan fingerprint density at radius 2 is 1.85 bits per heavy atom. The van der Waals surface area contributed by atoms with Crippen LogP contribution in [-0.2, 0) is 0 Å². The second-order valence-electron chi connectivity index (χ2n) is 5.11. The van der Waals surface area contributed by atoms with Crippen LogP contribution in [0, 0.1) is 6.92 Å². The Bertz CT molecular complexity index is 458. The van der Waals surface area contributed by atoms with Gasteiger partial charge in [-0.05, 0) is 13.3 Å². The summed E-state index contributed by atoms with van der Waals surface area (Å²) in [5, 5.41) is 0. The first-order valence-electron chi connectivity index (χ1n) is 6.61. The lowest BCUT2D eigenvalue weighted by molar-refractivity contribution is -0.119. The van der Waals surface area contributed by atoms with Gasteiger partial charge in [-0.1, -0.05) is 20.8 Å². The summed E-state index contributed by atoms with van der Waals surface area (Å²) in [5.41, 5.74) is 6.29. The molecule has 1 aromatic heterocycles. The van der Waals surface area contributed by atoms with Gasteiger partial charge in [-0.3, -0.25) is 0 Å². The highest BCUT2D eigenvalue weighted by Gasteiger charge is 2.32. The Morgan fingerprint density at radius 1 is 1.25 bits per heavy atom. The molecule has 0 amide bonds. The predicted octanol–water partition coefficient (Wildman–Crippen LogP) is 3.27. The zero-order valence-corrected chi connectivity index (χ0v) is 12.3. The van der Waals surface area contributed by atoms with Crippen LogP contribution in [0.1, 0.15) is 44.5 Å². The maximum atomic E-state index is 12.7. The smallest absolute Gasteiger partial charge is 0.383 e. The summed E-state index contributed by atoms with van der Waals surface area (Å²) in [7, 11) is 0. The molecule has 0 bridgehead atoms. The van der Waals surface area contributed by atoms with Crippen molar-refractivity contribution in [2.24, 2.45) is 0 Å². The van der Waals surface area contributed by atoms with Gasteiger partial charge < -0.3 is 10.6 Å². The molecule has 0 spiro atoms. The molecule has 0 saturated carbocycles. The molecule has 1 aromatic rings. The van der Waals surface area contributed by atoms with E-state index in [4.69, 9.17) is 5.73 Å². The van der Waals surface area contributed by atoms with E-state index in [1.54, 1.807) is 6.92 Å². The molecule has 0 aliphatic heterocycles. The van der Waals surface area contributed by atoms with Crippen molar-refractivity contribution in [1.29, 1.82) is 0 Å². The molecule has 2 N–H and O–H groups in total. The molecular weight excluding hydrogens is 269 g/mol. The number of nitrogens with zero attached hydrogens (tertiary/aromatic N) is 3. The van der Waals surface area contributed by atoms with Crippen molar-refractivity contribution < 1.29 is 13.2 Å². The molecule has 0 aliphatic carbocycles. The summed E-state index contributed by atoms with van der Waals surface area (Å²) in [6.45, 7) is 6.47. The number of halogens is 3. The minimum atomic E-state index is -4.28. The van der Waals surface area contributed by atoms with Crippen LogP contribution in [0.4, 0.5) is 24.8 Å². The highest BCUT2D eigenvalue weighted by molar-refractivity contribution is 5.56. The number of hydrogen-bond acceptors (Lipinski definition) is 4. The molecule has 0 radical (unpaired) electrons. The van der Waals surface area contributed by atoms with Crippen LogP contribution in [-0.4, -0.2) is 29.2 Å². The molecule has 0 atom stereocenters. The lowest BCUT2D eigenvalue weighted by Crippen LogP contribution is -2.36. The minimum Gasteiger partial charge on any atom is -0.383 e. The summed E-state index contributed by atoms with van der Waals surface area (Å²) in [4.78, 5) is 9.62. The van der Waals surface area contributed by atoms with Crippen LogP contribution < -0.4 is 10.6 Å². The van der Waals surface area contributed by atoms with Crippen molar-refractivity contribution in [3.63, 3.8) is 0 Å². The van der Waals surface area contributed by atoms with E-state index in [2.05, 4.69) is 9.97 Å². The zero-order chi connectivity index (χ0) is 15.5. The van der Waals surface area contributed by atoms with Crippen molar-refractivity contribution in [3.8, 4) is 0 Å². The van der Waals surface area contributed by atoms with Crippen LogP contribution in [0.3, 0.4) is 0 Å². The number of aromatic nitrogens is 2. The quantitative estimate of drug-likeness (QED) is 0.904. The van der Waals surface area contributed by atoms with E-state index in [1.165, 1.54) is 4.90 Å². The van der Waals surface area contributed by atoms with Crippen molar-refractivity contribution in [3.05, 3.63) is 11.4 Å². The molecular formula is C13H21F3N4. The molecule has 0 fully saturated rings. The van der Waals surface area contributed by atoms with E-state index in [0.717, 1.165) is 0 Å². The van der Waals surface area contributed by atoms with Gasteiger partial charge in [-0.25, -0.2) is 9.97 Å². The van der Waals surface area contributed by atoms with E-state index in [0.29, 0.717) is 17.8 Å². The normalized spacial score (nSPS) is 12.0. The predicted molar refractivity (Wildman–Crippen MR) is 73.8 cm³/mol. The first-order valence-corrected chi connectivity index (χ1v) is 6.61. The summed E-state index contributed by atoms with van der Waals surface area (Å²) in [6, 6.07) is 0. The maximum absolute atomic E-state index is 12.7. The standard InChI is InChI=1S/C13H21F3N4/c1-5-6-20(7-13(14,15)16)12-9(4)10(17)18-11(19-12)8(2)3/h8H,5-7H2,1-4H3,(H2,17,18,19). The summed E-state index contributed by atoms with van der Waals surface area (Å²) in [6.07, 6.45) is -3.68. The van der Waals surface area contributed by atoms with E-state index in [1.807, 2.05) is 20.8 Å². The fourth-order valence-corrected chi connectivity index (χ4v) is 1.85. The number of rotatable bonds is 5. The molecule has 4 nitrogen and oxygen atoms in total. The molecule has 0 unspecified atom stereocenters. The van der Waals surface area contributed by atoms with Gasteiger partial charge in [0.15, 0.2) is 0 Å². The molecule has 0 saturated heterocycles. The zero-order valence-electron chi connectivity index (χ0n) is 12.3. The number of nitrogens with two attached hydrogens (primary N) is 1. The molecule has 114 valence electrons. The van der Waals surface area contributed by atoms with Crippen LogP contribution in [0.15, 0.2) is 0 Å². The van der Waals surface area contributed by atoms with E-state index < -0.39 is 12.7 Å². The van der Waals surface area contributed by atoms with Crippen molar-refractivity contribution >= 4 is 11.6 Å². The largest absolute Gasteiger partial charge is 0.405 e. The first-order chi connectivity index (χ1) is 9.15. The fraction of sp³-hybridized carbons (Fsp3) is 0.692. The van der Waals surface area contributed by atoms with Crippen LogP contribution in [0.2, 0.25) is 0 Å². The molecule has 1 rings (SSSR count). The fourth-order valence-electron chi connectivity index (χ4n) is 1.85. The second kappa shape index (κ2) is 6.28. The van der Waals surface area contributed by atoms with E-state index in [-0.39, 0.29) is 24.1 Å². The summed E-state index contributed by atoms with van der Waals surface area (Å²) in [5.74, 6) is 0.986. The third kappa shape index (κ3) is 4.25. The van der Waals surface area contributed by atoms with Crippen LogP contribution in [0.5, 0.6) is 0 Å². The van der Waals surface area contributed by atoms with E-state index in [9.17, 15) is 13.2 Å². The van der Waals surface area contributed by atoms with Gasteiger partial charge in [-0.2, -0.15) is 13.2 Å². The van der Waals surface area contributed by atoms with Crippen molar-refractivity contribution in [1.82, 2.24) is 9.97 Å². The van der Waals surface area contributed by atoms with Crippen molar-refractivity contribution in [2.75, 3.05) is 23.7 Å². The Balaban J connectivity index is 3.24. The maximum Gasteiger partial charge on any atom is 0.405 e. The number of anilines is 2. The van der Waals surface area contributed by atoms with Crippen molar-refractivity contribution in [2.45, 2.75) is 46.2 Å². The lowest BCUT2D eigenvalue weighted by atomic mass is 10.2. The third-order valence-corrected chi connectivity index (χ3v) is 2.85. The Labute approximate surface area is 117 Å². The minimum absolute atomic E-state index is 0.00557. The van der Waals surface area contributed by atoms with E-state index >= 15 is 0 Å². The Morgan fingerprint density at radius 3 is 2.30 bits per heavy atom. The molecule has 1 heterocycles. The third-order valence-electron chi connectivity index (χ3n) is 2.85. The first kappa shape index (κ1) is 16.5. The lowest BCUT2D eigenvalue weighted by Gasteiger charge is -2.27. The summed E-state index contributed by atoms with van der Waals surface area (Å²) >= 11 is 0.